The molecule has 11 heteroatoms. The van der Waals surface area contributed by atoms with E-state index in [0.717, 1.165) is 31.2 Å². The molecule has 9 nitrogen and oxygen atoms in total. The van der Waals surface area contributed by atoms with E-state index in [1.54, 1.807) is 29.3 Å². The zero-order valence-electron chi connectivity index (χ0n) is 21.3. The lowest BCUT2D eigenvalue weighted by molar-refractivity contribution is -0.133. The van der Waals surface area contributed by atoms with Gasteiger partial charge in [0, 0.05) is 31.2 Å². The number of anilines is 1. The molecule has 0 bridgehead atoms. The molecule has 3 amide bonds. The smallest absolute Gasteiger partial charge is 0.272 e. The predicted octanol–water partition coefficient (Wildman–Crippen LogP) is 3.67. The van der Waals surface area contributed by atoms with Gasteiger partial charge in [0.2, 0.25) is 11.8 Å². The molecule has 1 spiro atoms. The number of aromatic amines is 1. The summed E-state index contributed by atoms with van der Waals surface area (Å²) in [6, 6.07) is 6.47. The minimum Gasteiger partial charge on any atom is -0.338 e. The number of hydrogen-bond acceptors (Lipinski definition) is 5. The van der Waals surface area contributed by atoms with Crippen LogP contribution in [0.25, 0.3) is 11.0 Å². The number of carbonyl (C=O) groups is 3. The van der Waals surface area contributed by atoms with Crippen LogP contribution in [0.2, 0.25) is 5.02 Å². The molecule has 3 aromatic rings. The van der Waals surface area contributed by atoms with E-state index in [9.17, 15) is 18.8 Å². The second-order valence-electron chi connectivity index (χ2n) is 11.2. The number of nitrogens with zero attached hydrogens (tertiary/aromatic N) is 5. The Kier molecular flexibility index (Phi) is 5.66. The van der Waals surface area contributed by atoms with Gasteiger partial charge < -0.3 is 14.7 Å². The molecule has 3 aliphatic heterocycles. The number of aromatic nitrogens is 3. The number of carbonyl (C=O) groups excluding carboxylic acids is 3. The van der Waals surface area contributed by atoms with Crippen molar-refractivity contribution in [2.24, 2.45) is 5.92 Å². The van der Waals surface area contributed by atoms with Gasteiger partial charge in [-0.1, -0.05) is 18.0 Å². The average molecular weight is 551 g/mol. The number of benzene rings is 1. The molecule has 4 aliphatic rings. The van der Waals surface area contributed by atoms with Crippen LogP contribution in [0.5, 0.6) is 0 Å². The van der Waals surface area contributed by atoms with Crippen LogP contribution in [0.1, 0.15) is 54.6 Å². The van der Waals surface area contributed by atoms with Crippen LogP contribution in [0.3, 0.4) is 0 Å². The highest BCUT2D eigenvalue weighted by Crippen LogP contribution is 2.51. The van der Waals surface area contributed by atoms with Gasteiger partial charge in [-0.05, 0) is 62.3 Å². The SMILES string of the molecule is O=C(c1ccc2[nH]ncc2n1)N1CCC2(CC1)C(=O)N(CC(=O)N1CC[C@@H]3CCC[C@@H]31)c1ccc(F)c(Cl)c12. The lowest BCUT2D eigenvalue weighted by Crippen LogP contribution is -2.52. The zero-order valence-corrected chi connectivity index (χ0v) is 22.1. The summed E-state index contributed by atoms with van der Waals surface area (Å²) < 4.78 is 14.7. The maximum Gasteiger partial charge on any atom is 0.272 e. The van der Waals surface area contributed by atoms with Crippen molar-refractivity contribution in [3.63, 3.8) is 0 Å². The molecule has 39 heavy (non-hydrogen) atoms. The maximum atomic E-state index is 14.7. The van der Waals surface area contributed by atoms with Gasteiger partial charge in [-0.2, -0.15) is 5.10 Å². The Morgan fingerprint density at radius 3 is 2.74 bits per heavy atom. The van der Waals surface area contributed by atoms with Crippen molar-refractivity contribution in [2.75, 3.05) is 31.1 Å². The molecular formula is C28H28ClFN6O3. The Hall–Kier alpha value is -3.53. The first kappa shape index (κ1) is 24.5. The highest BCUT2D eigenvalue weighted by Gasteiger charge is 2.55. The van der Waals surface area contributed by atoms with Crippen LogP contribution in [0.15, 0.2) is 30.5 Å². The minimum absolute atomic E-state index is 0.0745. The third-order valence-corrected chi connectivity index (χ3v) is 9.66. The zero-order chi connectivity index (χ0) is 26.9. The molecule has 2 atom stereocenters. The van der Waals surface area contributed by atoms with Gasteiger partial charge in [0.25, 0.3) is 5.91 Å². The van der Waals surface area contributed by atoms with Crippen LogP contribution in [0, 0.1) is 11.7 Å². The Morgan fingerprint density at radius 2 is 1.92 bits per heavy atom. The van der Waals surface area contributed by atoms with Crippen molar-refractivity contribution in [2.45, 2.75) is 50.0 Å². The number of likely N-dealkylation sites (tertiary alicyclic amines) is 2. The lowest BCUT2D eigenvalue weighted by Gasteiger charge is -2.38. The number of piperidine rings is 1. The summed E-state index contributed by atoms with van der Waals surface area (Å²) in [6.45, 7) is 1.18. The number of fused-ring (bicyclic) bond motifs is 4. The van der Waals surface area contributed by atoms with Crippen molar-refractivity contribution >= 4 is 46.0 Å². The van der Waals surface area contributed by atoms with Crippen molar-refractivity contribution < 1.29 is 18.8 Å². The van der Waals surface area contributed by atoms with Gasteiger partial charge in [-0.3, -0.25) is 19.5 Å². The normalized spacial score (nSPS) is 23.6. The van der Waals surface area contributed by atoms with E-state index >= 15 is 0 Å². The molecule has 0 unspecified atom stereocenters. The molecule has 1 aliphatic carbocycles. The summed E-state index contributed by atoms with van der Waals surface area (Å²) in [4.78, 5) is 50.3. The molecule has 5 heterocycles. The first-order valence-electron chi connectivity index (χ1n) is 13.6. The molecule has 1 aromatic carbocycles. The monoisotopic (exact) mass is 550 g/mol. The van der Waals surface area contributed by atoms with E-state index in [1.165, 1.54) is 11.0 Å². The maximum absolute atomic E-state index is 14.7. The van der Waals surface area contributed by atoms with Gasteiger partial charge in [-0.15, -0.1) is 0 Å². The van der Waals surface area contributed by atoms with E-state index in [4.69, 9.17) is 11.6 Å². The Bertz CT molecular complexity index is 1520. The summed E-state index contributed by atoms with van der Waals surface area (Å²) in [5.74, 6) is -0.604. The van der Waals surface area contributed by atoms with Crippen LogP contribution in [-0.2, 0) is 15.0 Å². The Balaban J connectivity index is 1.15. The van der Waals surface area contributed by atoms with E-state index in [1.807, 2.05) is 4.90 Å². The van der Waals surface area contributed by atoms with Gasteiger partial charge in [0.05, 0.1) is 27.8 Å². The first-order valence-corrected chi connectivity index (χ1v) is 13.9. The summed E-state index contributed by atoms with van der Waals surface area (Å²) in [6.07, 6.45) is 6.42. The lowest BCUT2D eigenvalue weighted by atomic mass is 9.73. The molecule has 2 saturated heterocycles. The van der Waals surface area contributed by atoms with E-state index in [-0.39, 0.29) is 61.3 Å². The molecule has 7 rings (SSSR count). The highest BCUT2D eigenvalue weighted by atomic mass is 35.5. The molecule has 1 N–H and O–H groups in total. The Morgan fingerprint density at radius 1 is 1.10 bits per heavy atom. The van der Waals surface area contributed by atoms with Crippen LogP contribution in [-0.4, -0.2) is 74.9 Å². The van der Waals surface area contributed by atoms with Crippen molar-refractivity contribution in [3.8, 4) is 0 Å². The van der Waals surface area contributed by atoms with E-state index in [2.05, 4.69) is 15.2 Å². The second-order valence-corrected chi connectivity index (χ2v) is 11.5. The fourth-order valence-corrected chi connectivity index (χ4v) is 7.63. The van der Waals surface area contributed by atoms with Crippen LogP contribution in [0.4, 0.5) is 10.1 Å². The largest absolute Gasteiger partial charge is 0.338 e. The van der Waals surface area contributed by atoms with Crippen molar-refractivity contribution in [1.29, 1.82) is 0 Å². The first-order chi connectivity index (χ1) is 18.9. The predicted molar refractivity (Wildman–Crippen MR) is 142 cm³/mol. The van der Waals surface area contributed by atoms with Gasteiger partial charge in [0.15, 0.2) is 0 Å². The molecule has 3 fully saturated rings. The molecule has 1 saturated carbocycles. The van der Waals surface area contributed by atoms with Gasteiger partial charge >= 0.3 is 0 Å². The van der Waals surface area contributed by atoms with Crippen molar-refractivity contribution in [3.05, 3.63) is 52.6 Å². The third kappa shape index (κ3) is 3.67. The number of pyridine rings is 1. The molecule has 202 valence electrons. The van der Waals surface area contributed by atoms with E-state index < -0.39 is 11.2 Å². The van der Waals surface area contributed by atoms with Gasteiger partial charge in [-0.25, -0.2) is 9.37 Å². The summed E-state index contributed by atoms with van der Waals surface area (Å²) >= 11 is 6.52. The third-order valence-electron chi connectivity index (χ3n) is 9.29. The van der Waals surface area contributed by atoms with Crippen LogP contribution >= 0.6 is 11.6 Å². The summed E-state index contributed by atoms with van der Waals surface area (Å²) in [5.41, 5.74) is 1.47. The molecule has 0 radical (unpaired) electrons. The summed E-state index contributed by atoms with van der Waals surface area (Å²) in [7, 11) is 0. The number of halogens is 2. The quantitative estimate of drug-likeness (QED) is 0.536. The summed E-state index contributed by atoms with van der Waals surface area (Å²) in [5, 5.41) is 6.69. The number of rotatable bonds is 3. The number of H-pyrrole nitrogens is 1. The standard InChI is InChI=1S/C28H28ClFN6O3/c29-25-17(30)4-7-22-24(25)28(27(39)36(22)15-23(37)35-11-8-16-2-1-3-21(16)35)9-12-34(13-10-28)26(38)19-6-5-18-20(32-19)14-31-33-18/h4-7,14,16,21H,1-3,8-13,15H2,(H,31,33)/t16-,21-/m0/s1. The number of nitrogens with one attached hydrogen (secondary N) is 1. The van der Waals surface area contributed by atoms with Crippen molar-refractivity contribution in [1.82, 2.24) is 25.0 Å². The molecular weight excluding hydrogens is 523 g/mol. The molecule has 2 aromatic heterocycles. The average Bonchev–Trinajstić information content (AvgIpc) is 3.72. The fraction of sp³-hybridized carbons (Fsp3) is 0.464. The number of hydrogen-bond donors (Lipinski definition) is 1. The number of amides is 3. The fourth-order valence-electron chi connectivity index (χ4n) is 7.29. The highest BCUT2D eigenvalue weighted by molar-refractivity contribution is 6.33. The van der Waals surface area contributed by atoms with Gasteiger partial charge in [0.1, 0.15) is 23.6 Å². The minimum atomic E-state index is -1.09. The Labute approximate surface area is 229 Å². The second kappa shape index (κ2) is 9.01. The topological polar surface area (TPSA) is 102 Å². The van der Waals surface area contributed by atoms with Crippen LogP contribution < -0.4 is 4.90 Å². The van der Waals surface area contributed by atoms with E-state index in [0.29, 0.717) is 34.9 Å².